The molecule has 3 saturated heterocycles. The predicted octanol–water partition coefficient (Wildman–Crippen LogP) is 5.26. The topological polar surface area (TPSA) is 125 Å². The summed E-state index contributed by atoms with van der Waals surface area (Å²) in [6.45, 7) is 11.0. The molecule has 0 radical (unpaired) electrons. The lowest BCUT2D eigenvalue weighted by Gasteiger charge is -2.39. The maximum absolute atomic E-state index is 15.0. The van der Waals surface area contributed by atoms with Crippen LogP contribution in [0.1, 0.15) is 57.6 Å². The lowest BCUT2D eigenvalue weighted by molar-refractivity contribution is -0.162. The van der Waals surface area contributed by atoms with E-state index in [1.165, 1.54) is 4.90 Å². The van der Waals surface area contributed by atoms with E-state index < -0.39 is 59.6 Å². The molecule has 6 rings (SSSR count). The van der Waals surface area contributed by atoms with Crippen molar-refractivity contribution in [1.29, 1.82) is 0 Å². The van der Waals surface area contributed by atoms with Crippen molar-refractivity contribution in [3.63, 3.8) is 0 Å². The van der Waals surface area contributed by atoms with Gasteiger partial charge in [0, 0.05) is 18.7 Å². The van der Waals surface area contributed by atoms with Crippen LogP contribution >= 0.6 is 0 Å². The Morgan fingerprint density at radius 2 is 1.80 bits per heavy atom. The molecule has 3 aliphatic heterocycles. The van der Waals surface area contributed by atoms with Crippen molar-refractivity contribution in [2.24, 2.45) is 11.8 Å². The van der Waals surface area contributed by atoms with Gasteiger partial charge >= 0.3 is 5.97 Å². The van der Waals surface area contributed by atoms with Crippen molar-refractivity contribution in [2.75, 3.05) is 18.1 Å². The monoisotopic (exact) mass is 693 g/mol. The van der Waals surface area contributed by atoms with Gasteiger partial charge in [0.25, 0.3) is 5.91 Å². The van der Waals surface area contributed by atoms with Crippen LogP contribution < -0.4 is 10.2 Å². The molecule has 2 bridgehead atoms. The van der Waals surface area contributed by atoms with Gasteiger partial charge in [0.05, 0.1) is 36.6 Å². The van der Waals surface area contributed by atoms with E-state index >= 15 is 0 Å². The molecule has 51 heavy (non-hydrogen) atoms. The molecule has 268 valence electrons. The highest BCUT2D eigenvalue weighted by atomic mass is 16.6. The van der Waals surface area contributed by atoms with Crippen LogP contribution in [-0.2, 0) is 28.7 Å². The second kappa shape index (κ2) is 15.2. The quantitative estimate of drug-likeness (QED) is 0.164. The molecular formula is C41H47N3O7. The molecule has 3 heterocycles. The van der Waals surface area contributed by atoms with E-state index in [2.05, 4.69) is 18.5 Å². The molecule has 0 saturated carbocycles. The summed E-state index contributed by atoms with van der Waals surface area (Å²) >= 11 is 0. The Morgan fingerprint density at radius 3 is 2.49 bits per heavy atom. The van der Waals surface area contributed by atoms with Crippen LogP contribution in [0.25, 0.3) is 10.8 Å². The Kier molecular flexibility index (Phi) is 10.7. The number of hydrogen-bond acceptors (Lipinski definition) is 7. The molecule has 3 aliphatic rings. The third-order valence-corrected chi connectivity index (χ3v) is 10.7. The molecule has 3 aromatic rings. The van der Waals surface area contributed by atoms with Crippen LogP contribution in [0.15, 0.2) is 98.1 Å². The number of carbonyl (C=O) groups excluding carboxylic acids is 4. The van der Waals surface area contributed by atoms with Gasteiger partial charge in [-0.2, -0.15) is 0 Å². The van der Waals surface area contributed by atoms with Gasteiger partial charge in [-0.3, -0.25) is 19.2 Å². The van der Waals surface area contributed by atoms with Gasteiger partial charge in [-0.05, 0) is 61.1 Å². The van der Waals surface area contributed by atoms with Crippen LogP contribution in [0.2, 0.25) is 0 Å². The second-order valence-electron chi connectivity index (χ2n) is 13.8. The highest BCUT2D eigenvalue weighted by Gasteiger charge is 2.75. The molecule has 3 fully saturated rings. The van der Waals surface area contributed by atoms with Crippen LogP contribution in [-0.4, -0.2) is 76.7 Å². The summed E-state index contributed by atoms with van der Waals surface area (Å²) in [6, 6.07) is 20.4. The summed E-state index contributed by atoms with van der Waals surface area (Å²) in [7, 11) is 0. The molecule has 10 heteroatoms. The molecule has 0 unspecified atom stereocenters. The van der Waals surface area contributed by atoms with E-state index in [0.29, 0.717) is 36.9 Å². The number of aliphatic hydroxyl groups excluding tert-OH is 1. The first-order valence-electron chi connectivity index (χ1n) is 17.9. The van der Waals surface area contributed by atoms with E-state index in [4.69, 9.17) is 9.47 Å². The fourth-order valence-corrected chi connectivity index (χ4v) is 8.33. The summed E-state index contributed by atoms with van der Waals surface area (Å²) in [4.78, 5) is 59.8. The average molecular weight is 694 g/mol. The highest BCUT2D eigenvalue weighted by molar-refractivity contribution is 6.05. The number of allylic oxidation sites excluding steroid dienone is 1. The fourth-order valence-electron chi connectivity index (χ4n) is 8.33. The zero-order chi connectivity index (χ0) is 36.3. The number of nitrogens with zero attached hydrogens (tertiary/aromatic N) is 2. The molecule has 3 amide bonds. The van der Waals surface area contributed by atoms with Crippen molar-refractivity contribution < 1.29 is 33.8 Å². The van der Waals surface area contributed by atoms with Crippen LogP contribution in [0.3, 0.4) is 0 Å². The van der Waals surface area contributed by atoms with Gasteiger partial charge in [0.1, 0.15) is 17.7 Å². The van der Waals surface area contributed by atoms with Crippen molar-refractivity contribution in [3.8, 4) is 0 Å². The fraction of sp³-hybridized carbons (Fsp3) is 0.415. The minimum absolute atomic E-state index is 0.177. The van der Waals surface area contributed by atoms with Crippen LogP contribution in [0, 0.1) is 11.8 Å². The van der Waals surface area contributed by atoms with Crippen molar-refractivity contribution in [2.45, 2.75) is 81.9 Å². The number of rotatable bonds is 15. The standard InChI is InChI=1S/C41H47N3O7/c1-5-8-18-33(46)42-26(4)36(28-15-10-9-11-16-28)50-40(49)34-32-21-22-41(51-32)35(34)38(47)44(30(7-3)25-45)37(41)39(48)43(23-6-2)31-20-19-27-14-12-13-17-29(27)24-31/h5-6,9-17,19-20,24,26,30,32,34-37,45H,1-2,7-8,18,21-23,25H2,3-4H3,(H,42,46)/t26-,30+,32-,34+,35+,36-,37-,41+/m1/s1. The molecule has 1 spiro atoms. The third-order valence-electron chi connectivity index (χ3n) is 10.7. The maximum atomic E-state index is 15.0. The van der Waals surface area contributed by atoms with Crippen molar-refractivity contribution in [3.05, 3.63) is 104 Å². The van der Waals surface area contributed by atoms with E-state index in [9.17, 15) is 24.3 Å². The lowest BCUT2D eigenvalue weighted by Crippen LogP contribution is -2.59. The van der Waals surface area contributed by atoms with Gasteiger partial charge < -0.3 is 29.7 Å². The number of anilines is 1. The Hall–Kier alpha value is -4.80. The Labute approximate surface area is 299 Å². The number of carbonyl (C=O) groups is 4. The number of benzene rings is 3. The minimum atomic E-state index is -1.30. The Bertz CT molecular complexity index is 1790. The lowest BCUT2D eigenvalue weighted by atomic mass is 9.70. The van der Waals surface area contributed by atoms with Crippen molar-refractivity contribution >= 4 is 40.2 Å². The smallest absolute Gasteiger partial charge is 0.313 e. The molecule has 8 atom stereocenters. The summed E-state index contributed by atoms with van der Waals surface area (Å²) in [5.74, 6) is -3.56. The highest BCUT2D eigenvalue weighted by Crippen LogP contribution is 2.59. The van der Waals surface area contributed by atoms with E-state index in [-0.39, 0.29) is 31.4 Å². The first-order chi connectivity index (χ1) is 24.7. The predicted molar refractivity (Wildman–Crippen MR) is 194 cm³/mol. The number of likely N-dealkylation sites (tertiary alicyclic amines) is 1. The molecule has 0 aliphatic carbocycles. The average Bonchev–Trinajstić information content (AvgIpc) is 3.80. The normalized spacial score (nSPS) is 25.2. The van der Waals surface area contributed by atoms with Gasteiger partial charge in [0.15, 0.2) is 0 Å². The SMILES string of the molecule is C=CCCC(=O)N[C@H](C)[C@@H](OC(=O)[C@@H]1[C@H]2C(=O)N([C@@H](CC)CO)[C@H](C(=O)N(CC=C)c3ccc4ccccc4c3)[C@]23CC[C@H]1O3)c1ccccc1. The third kappa shape index (κ3) is 6.58. The van der Waals surface area contributed by atoms with Crippen LogP contribution in [0.5, 0.6) is 0 Å². The largest absolute Gasteiger partial charge is 0.455 e. The second-order valence-corrected chi connectivity index (χ2v) is 13.8. The number of ether oxygens (including phenoxy) is 2. The van der Waals surface area contributed by atoms with Gasteiger partial charge in [-0.15, -0.1) is 13.2 Å². The number of amides is 3. The number of esters is 1. The zero-order valence-corrected chi connectivity index (χ0v) is 29.3. The van der Waals surface area contributed by atoms with Crippen molar-refractivity contribution in [1.82, 2.24) is 10.2 Å². The molecule has 3 aromatic carbocycles. The molecule has 0 aromatic heterocycles. The summed E-state index contributed by atoms with van der Waals surface area (Å²) < 4.78 is 12.9. The van der Waals surface area contributed by atoms with Gasteiger partial charge in [-0.1, -0.05) is 79.7 Å². The minimum Gasteiger partial charge on any atom is -0.455 e. The van der Waals surface area contributed by atoms with Gasteiger partial charge in [-0.25, -0.2) is 0 Å². The molecule has 10 nitrogen and oxygen atoms in total. The van der Waals surface area contributed by atoms with Gasteiger partial charge in [0.2, 0.25) is 11.8 Å². The van der Waals surface area contributed by atoms with E-state index in [1.54, 1.807) is 24.0 Å². The first-order valence-corrected chi connectivity index (χ1v) is 17.9. The van der Waals surface area contributed by atoms with E-state index in [0.717, 1.165) is 10.8 Å². The number of hydrogen-bond donors (Lipinski definition) is 2. The van der Waals surface area contributed by atoms with Crippen LogP contribution in [0.4, 0.5) is 5.69 Å². The molecular weight excluding hydrogens is 646 g/mol. The zero-order valence-electron chi connectivity index (χ0n) is 29.3. The Balaban J connectivity index is 1.35. The molecule has 2 N–H and O–H groups in total. The number of fused-ring (bicyclic) bond motifs is 2. The summed E-state index contributed by atoms with van der Waals surface area (Å²) in [6.07, 6.45) is 3.83. The first kappa shape index (κ1) is 36.0. The number of nitrogens with one attached hydrogen (secondary N) is 1. The summed E-state index contributed by atoms with van der Waals surface area (Å²) in [5, 5.41) is 15.4. The van der Waals surface area contributed by atoms with E-state index in [1.807, 2.05) is 79.7 Å². The maximum Gasteiger partial charge on any atom is 0.313 e. The summed E-state index contributed by atoms with van der Waals surface area (Å²) in [5.41, 5.74) is 0.0327. The number of aliphatic hydroxyl groups is 1. The Morgan fingerprint density at radius 1 is 1.08 bits per heavy atom.